The smallest absolute Gasteiger partial charge is 0.326 e. The largest absolute Gasteiger partial charge is 0.480 e. The molecule has 0 aliphatic carbocycles. The van der Waals surface area contributed by atoms with Gasteiger partial charge in [-0.05, 0) is 18.6 Å². The average molecular weight is 303 g/mol. The van der Waals surface area contributed by atoms with Crippen LogP contribution in [0.4, 0.5) is 8.78 Å². The minimum atomic E-state index is -2.64. The van der Waals surface area contributed by atoms with Gasteiger partial charge in [-0.2, -0.15) is 8.78 Å². The second-order valence-electron chi connectivity index (χ2n) is 4.03. The summed E-state index contributed by atoms with van der Waals surface area (Å²) in [5.41, 5.74) is 0.0557. The summed E-state index contributed by atoms with van der Waals surface area (Å²) in [4.78, 5) is 23.1. The molecule has 1 aromatic carbocycles. The molecule has 20 heavy (non-hydrogen) atoms. The number of nitrogens with one attached hydrogen (secondary N) is 1. The predicted molar refractivity (Wildman–Crippen MR) is 72.1 cm³/mol. The van der Waals surface area contributed by atoms with Gasteiger partial charge in [0, 0.05) is 4.90 Å². The minimum Gasteiger partial charge on any atom is -0.480 e. The first-order valence-electron chi connectivity index (χ1n) is 6.03. The Morgan fingerprint density at radius 2 is 2.00 bits per heavy atom. The van der Waals surface area contributed by atoms with Gasteiger partial charge in [0.2, 0.25) is 0 Å². The molecule has 0 aromatic heterocycles. The molecule has 0 unspecified atom stereocenters. The first kappa shape index (κ1) is 16.4. The Labute approximate surface area is 119 Å². The Bertz CT molecular complexity index is 482. The molecule has 0 radical (unpaired) electrons. The minimum absolute atomic E-state index is 0.0557. The van der Waals surface area contributed by atoms with Crippen LogP contribution in [0.2, 0.25) is 0 Å². The van der Waals surface area contributed by atoms with Crippen molar-refractivity contribution in [2.24, 2.45) is 0 Å². The van der Waals surface area contributed by atoms with E-state index < -0.39 is 23.7 Å². The maximum Gasteiger partial charge on any atom is 0.326 e. The quantitative estimate of drug-likeness (QED) is 0.760. The second-order valence-corrected chi connectivity index (χ2v) is 5.06. The van der Waals surface area contributed by atoms with Gasteiger partial charge in [-0.15, -0.1) is 0 Å². The van der Waals surface area contributed by atoms with Crippen molar-refractivity contribution in [1.82, 2.24) is 5.32 Å². The van der Waals surface area contributed by atoms with E-state index in [0.29, 0.717) is 6.42 Å². The Hall–Kier alpha value is -1.63. The number of carbonyl (C=O) groups is 2. The summed E-state index contributed by atoms with van der Waals surface area (Å²) in [6, 6.07) is 4.87. The van der Waals surface area contributed by atoms with Crippen molar-refractivity contribution < 1.29 is 23.5 Å². The predicted octanol–water partition coefficient (Wildman–Crippen LogP) is 2.98. The number of thioether (sulfide) groups is 1. The van der Waals surface area contributed by atoms with E-state index in [2.05, 4.69) is 5.32 Å². The number of alkyl halides is 2. The molecule has 4 nitrogen and oxygen atoms in total. The van der Waals surface area contributed by atoms with E-state index in [9.17, 15) is 18.4 Å². The first-order chi connectivity index (χ1) is 9.45. The summed E-state index contributed by atoms with van der Waals surface area (Å²) in [5, 5.41) is 11.3. The van der Waals surface area contributed by atoms with Gasteiger partial charge < -0.3 is 10.4 Å². The fourth-order valence-corrected chi connectivity index (χ4v) is 2.27. The number of rotatable bonds is 7. The van der Waals surface area contributed by atoms with Crippen LogP contribution in [0.25, 0.3) is 0 Å². The monoisotopic (exact) mass is 303 g/mol. The normalized spacial score (nSPS) is 12.2. The third kappa shape index (κ3) is 4.80. The third-order valence-corrected chi connectivity index (χ3v) is 3.32. The van der Waals surface area contributed by atoms with Crippen molar-refractivity contribution in [2.75, 3.05) is 0 Å². The zero-order valence-corrected chi connectivity index (χ0v) is 11.6. The zero-order valence-electron chi connectivity index (χ0n) is 10.8. The lowest BCUT2D eigenvalue weighted by atomic mass is 10.1. The van der Waals surface area contributed by atoms with Crippen molar-refractivity contribution in [3.05, 3.63) is 29.8 Å². The van der Waals surface area contributed by atoms with Crippen LogP contribution in [-0.2, 0) is 4.79 Å². The molecule has 0 bridgehead atoms. The van der Waals surface area contributed by atoms with Crippen molar-refractivity contribution in [1.29, 1.82) is 0 Å². The van der Waals surface area contributed by atoms with E-state index >= 15 is 0 Å². The van der Waals surface area contributed by atoms with Crippen LogP contribution >= 0.6 is 11.8 Å². The molecule has 110 valence electrons. The molecular weight excluding hydrogens is 288 g/mol. The number of aliphatic carboxylic acids is 1. The number of benzene rings is 1. The SMILES string of the molecule is CCC[C@H](NC(=O)c1ccccc1SC(F)F)C(=O)O. The van der Waals surface area contributed by atoms with Crippen LogP contribution in [0, 0.1) is 0 Å². The van der Waals surface area contributed by atoms with Gasteiger partial charge in [0.1, 0.15) is 6.04 Å². The van der Waals surface area contributed by atoms with Crippen LogP contribution in [-0.4, -0.2) is 28.8 Å². The lowest BCUT2D eigenvalue weighted by Crippen LogP contribution is -2.40. The molecule has 1 amide bonds. The molecule has 1 aromatic rings. The molecule has 1 atom stereocenters. The molecule has 0 saturated heterocycles. The molecule has 0 spiro atoms. The van der Waals surface area contributed by atoms with Gasteiger partial charge in [0.05, 0.1) is 5.56 Å². The maximum absolute atomic E-state index is 12.4. The molecule has 7 heteroatoms. The molecule has 0 heterocycles. The summed E-state index contributed by atoms with van der Waals surface area (Å²) >= 11 is 0.261. The maximum atomic E-state index is 12.4. The number of carboxylic acid groups (broad SMARTS) is 1. The van der Waals surface area contributed by atoms with Crippen molar-refractivity contribution in [3.63, 3.8) is 0 Å². The molecule has 1 rings (SSSR count). The van der Waals surface area contributed by atoms with E-state index in [4.69, 9.17) is 5.11 Å². The highest BCUT2D eigenvalue weighted by molar-refractivity contribution is 7.99. The van der Waals surface area contributed by atoms with E-state index in [1.165, 1.54) is 12.1 Å². The highest BCUT2D eigenvalue weighted by Crippen LogP contribution is 2.28. The van der Waals surface area contributed by atoms with Crippen LogP contribution < -0.4 is 5.32 Å². The zero-order chi connectivity index (χ0) is 15.1. The molecule has 0 fully saturated rings. The van der Waals surface area contributed by atoms with Gasteiger partial charge >= 0.3 is 5.97 Å². The summed E-state index contributed by atoms with van der Waals surface area (Å²) in [6.07, 6.45) is 0.871. The van der Waals surface area contributed by atoms with Crippen molar-refractivity contribution in [2.45, 2.75) is 36.5 Å². The molecule has 2 N–H and O–H groups in total. The Balaban J connectivity index is 2.88. The molecular formula is C13H15F2NO3S. The fourth-order valence-electron chi connectivity index (χ4n) is 1.64. The topological polar surface area (TPSA) is 66.4 Å². The number of carbonyl (C=O) groups excluding carboxylic acids is 1. The number of halogens is 2. The van der Waals surface area contributed by atoms with Crippen LogP contribution in [0.1, 0.15) is 30.1 Å². The van der Waals surface area contributed by atoms with Crippen LogP contribution in [0.15, 0.2) is 29.2 Å². The molecule has 0 aliphatic rings. The third-order valence-electron chi connectivity index (χ3n) is 2.53. The number of carboxylic acids is 1. The van der Waals surface area contributed by atoms with E-state index in [1.807, 2.05) is 0 Å². The van der Waals surface area contributed by atoms with E-state index in [1.54, 1.807) is 19.1 Å². The summed E-state index contributed by atoms with van der Waals surface area (Å²) in [5.74, 6) is -4.44. The number of hydrogen-bond acceptors (Lipinski definition) is 3. The van der Waals surface area contributed by atoms with Crippen molar-refractivity contribution in [3.8, 4) is 0 Å². The van der Waals surface area contributed by atoms with Crippen molar-refractivity contribution >= 4 is 23.6 Å². The number of amides is 1. The van der Waals surface area contributed by atoms with Gasteiger partial charge in [-0.1, -0.05) is 37.2 Å². The highest BCUT2D eigenvalue weighted by atomic mass is 32.2. The second kappa shape index (κ2) is 7.84. The summed E-state index contributed by atoms with van der Waals surface area (Å²) in [6.45, 7) is 1.79. The average Bonchev–Trinajstić information content (AvgIpc) is 2.37. The van der Waals surface area contributed by atoms with Gasteiger partial charge in [-0.25, -0.2) is 4.79 Å². The standard InChI is InChI=1S/C13H15F2NO3S/c1-2-5-9(12(18)19)16-11(17)8-6-3-4-7-10(8)20-13(14)15/h3-4,6-7,9,13H,2,5H2,1H3,(H,16,17)(H,18,19)/t9-/m0/s1. The number of hydrogen-bond donors (Lipinski definition) is 2. The van der Waals surface area contributed by atoms with Crippen LogP contribution in [0.3, 0.4) is 0 Å². The van der Waals surface area contributed by atoms with Crippen LogP contribution in [0.5, 0.6) is 0 Å². The molecule has 0 saturated carbocycles. The summed E-state index contributed by atoms with van der Waals surface area (Å²) in [7, 11) is 0. The van der Waals surface area contributed by atoms with Gasteiger partial charge in [0.15, 0.2) is 0 Å². The highest BCUT2D eigenvalue weighted by Gasteiger charge is 2.22. The fraction of sp³-hybridized carbons (Fsp3) is 0.385. The Morgan fingerprint density at radius 1 is 1.35 bits per heavy atom. The summed E-state index contributed by atoms with van der Waals surface area (Å²) < 4.78 is 24.8. The Kier molecular flexibility index (Phi) is 6.44. The first-order valence-corrected chi connectivity index (χ1v) is 6.91. The van der Waals surface area contributed by atoms with Gasteiger partial charge in [-0.3, -0.25) is 4.79 Å². The lowest BCUT2D eigenvalue weighted by Gasteiger charge is -2.15. The molecule has 0 aliphatic heterocycles. The Morgan fingerprint density at radius 3 is 2.55 bits per heavy atom. The lowest BCUT2D eigenvalue weighted by molar-refractivity contribution is -0.139. The van der Waals surface area contributed by atoms with E-state index in [0.717, 1.165) is 0 Å². The van der Waals surface area contributed by atoms with Gasteiger partial charge in [0.25, 0.3) is 11.7 Å². The van der Waals surface area contributed by atoms with E-state index in [-0.39, 0.29) is 28.6 Å².